The van der Waals surface area contributed by atoms with Crippen LogP contribution in [0.2, 0.25) is 0 Å². The van der Waals surface area contributed by atoms with E-state index in [0.717, 1.165) is 11.1 Å². The van der Waals surface area contributed by atoms with Crippen LogP contribution in [0.1, 0.15) is 10.4 Å². The molecule has 3 amide bonds. The Morgan fingerprint density at radius 1 is 0.970 bits per heavy atom. The Kier molecular flexibility index (Phi) is 5.69. The minimum absolute atomic E-state index is 0.307. The number of primary amides is 1. The zero-order chi connectivity index (χ0) is 23.6. The van der Waals surface area contributed by atoms with Gasteiger partial charge in [-0.15, -0.1) is 0 Å². The number of nitrogens with zero attached hydrogens (tertiary/aromatic N) is 3. The number of benzene rings is 2. The van der Waals surface area contributed by atoms with E-state index in [2.05, 4.69) is 15.4 Å². The van der Waals surface area contributed by atoms with Gasteiger partial charge in [-0.05, 0) is 35.9 Å². The summed E-state index contributed by atoms with van der Waals surface area (Å²) in [7, 11) is 0. The van der Waals surface area contributed by atoms with Crippen molar-refractivity contribution in [3.05, 3.63) is 72.6 Å². The summed E-state index contributed by atoms with van der Waals surface area (Å²) in [4.78, 5) is 27.5. The van der Waals surface area contributed by atoms with Crippen LogP contribution in [0.3, 0.4) is 0 Å². The Morgan fingerprint density at radius 2 is 1.73 bits per heavy atom. The Balaban J connectivity index is 1.58. The third kappa shape index (κ3) is 5.09. The van der Waals surface area contributed by atoms with Gasteiger partial charge in [0.2, 0.25) is 5.91 Å². The lowest BCUT2D eigenvalue weighted by Gasteiger charge is -2.10. The summed E-state index contributed by atoms with van der Waals surface area (Å²) in [5, 5.41) is 8.55. The molecule has 0 aliphatic rings. The van der Waals surface area contributed by atoms with Crippen LogP contribution in [0.15, 0.2) is 67.0 Å². The molecule has 4 rings (SSSR count). The fourth-order valence-corrected chi connectivity index (χ4v) is 3.19. The predicted molar refractivity (Wildman–Crippen MR) is 115 cm³/mol. The first kappa shape index (κ1) is 21.8. The molecule has 33 heavy (non-hydrogen) atoms. The van der Waals surface area contributed by atoms with Gasteiger partial charge >= 0.3 is 12.2 Å². The van der Waals surface area contributed by atoms with Gasteiger partial charge in [0.15, 0.2) is 5.65 Å². The van der Waals surface area contributed by atoms with Gasteiger partial charge in [0.05, 0.1) is 18.1 Å². The fourth-order valence-electron chi connectivity index (χ4n) is 3.19. The maximum absolute atomic E-state index is 12.3. The van der Waals surface area contributed by atoms with Crippen LogP contribution in [0.5, 0.6) is 0 Å². The number of nitrogens with one attached hydrogen (secondary N) is 2. The topological polar surface area (TPSA) is 114 Å². The first-order valence-corrected chi connectivity index (χ1v) is 9.66. The molecule has 4 N–H and O–H groups in total. The number of carbonyl (C=O) groups is 2. The van der Waals surface area contributed by atoms with E-state index in [1.165, 1.54) is 0 Å². The van der Waals surface area contributed by atoms with Crippen molar-refractivity contribution >= 4 is 23.3 Å². The van der Waals surface area contributed by atoms with E-state index in [0.29, 0.717) is 28.2 Å². The highest BCUT2D eigenvalue weighted by atomic mass is 19.4. The van der Waals surface area contributed by atoms with E-state index >= 15 is 0 Å². The van der Waals surface area contributed by atoms with Gasteiger partial charge in [0.1, 0.15) is 6.54 Å². The van der Waals surface area contributed by atoms with Crippen LogP contribution in [-0.4, -0.2) is 39.3 Å². The molecule has 8 nitrogen and oxygen atoms in total. The molecule has 0 bridgehead atoms. The van der Waals surface area contributed by atoms with Gasteiger partial charge in [0, 0.05) is 22.4 Å². The van der Waals surface area contributed by atoms with Crippen molar-refractivity contribution in [3.8, 4) is 22.4 Å². The lowest BCUT2D eigenvalue weighted by molar-refractivity contribution is -0.122. The van der Waals surface area contributed by atoms with Crippen LogP contribution in [0.4, 0.5) is 23.7 Å². The maximum atomic E-state index is 12.3. The highest BCUT2D eigenvalue weighted by Gasteiger charge is 2.27. The normalized spacial score (nSPS) is 11.4. The van der Waals surface area contributed by atoms with Gasteiger partial charge in [-0.1, -0.05) is 24.3 Å². The van der Waals surface area contributed by atoms with E-state index in [4.69, 9.17) is 5.73 Å². The van der Waals surface area contributed by atoms with Gasteiger partial charge in [-0.3, -0.25) is 4.79 Å². The van der Waals surface area contributed by atoms with Crippen molar-refractivity contribution in [1.29, 1.82) is 0 Å². The second kappa shape index (κ2) is 8.61. The number of nitrogens with two attached hydrogens (primary N) is 1. The summed E-state index contributed by atoms with van der Waals surface area (Å²) in [5.41, 5.74) is 9.31. The smallest absolute Gasteiger partial charge is 0.366 e. The number of alkyl halides is 3. The molecule has 2 aromatic heterocycles. The van der Waals surface area contributed by atoms with Crippen molar-refractivity contribution in [3.63, 3.8) is 0 Å². The average Bonchev–Trinajstić information content (AvgIpc) is 3.21. The Hall–Kier alpha value is -4.41. The number of hydrogen-bond donors (Lipinski definition) is 3. The molecule has 168 valence electrons. The largest absolute Gasteiger partial charge is 0.405 e. The monoisotopic (exact) mass is 454 g/mol. The molecule has 0 saturated heterocycles. The Morgan fingerprint density at radius 3 is 2.48 bits per heavy atom. The molecule has 0 aliphatic heterocycles. The zero-order valence-corrected chi connectivity index (χ0v) is 16.9. The number of halogens is 3. The van der Waals surface area contributed by atoms with Gasteiger partial charge < -0.3 is 16.4 Å². The summed E-state index contributed by atoms with van der Waals surface area (Å²) in [6.45, 7) is -1.43. The van der Waals surface area contributed by atoms with Crippen molar-refractivity contribution in [2.24, 2.45) is 5.73 Å². The van der Waals surface area contributed by atoms with Gasteiger partial charge in [0.25, 0.3) is 0 Å². The van der Waals surface area contributed by atoms with Crippen molar-refractivity contribution in [1.82, 2.24) is 19.9 Å². The number of fused-ring (bicyclic) bond motifs is 1. The number of hydrogen-bond acceptors (Lipinski definition) is 4. The highest BCUT2D eigenvalue weighted by molar-refractivity contribution is 5.94. The van der Waals surface area contributed by atoms with Crippen molar-refractivity contribution in [2.45, 2.75) is 6.18 Å². The lowest BCUT2D eigenvalue weighted by atomic mass is 10.0. The molecule has 0 radical (unpaired) electrons. The van der Waals surface area contributed by atoms with E-state index in [1.54, 1.807) is 70.8 Å². The third-order valence-corrected chi connectivity index (χ3v) is 4.71. The average molecular weight is 454 g/mol. The molecular weight excluding hydrogens is 437 g/mol. The Labute approximate surface area is 185 Å². The van der Waals surface area contributed by atoms with Gasteiger partial charge in [-0.25, -0.2) is 14.3 Å². The van der Waals surface area contributed by atoms with Crippen LogP contribution in [0, 0.1) is 0 Å². The summed E-state index contributed by atoms with van der Waals surface area (Å²) < 4.78 is 38.4. The van der Waals surface area contributed by atoms with E-state index < -0.39 is 24.7 Å². The predicted octanol–water partition coefficient (Wildman–Crippen LogP) is 3.85. The van der Waals surface area contributed by atoms with Crippen LogP contribution >= 0.6 is 0 Å². The first-order valence-electron chi connectivity index (χ1n) is 9.66. The molecule has 2 heterocycles. The molecular formula is C22H17F3N6O2. The Bertz CT molecular complexity index is 1350. The minimum Gasteiger partial charge on any atom is -0.366 e. The summed E-state index contributed by atoms with van der Waals surface area (Å²) >= 11 is 0. The second-order valence-electron chi connectivity index (χ2n) is 7.11. The number of anilines is 1. The first-order chi connectivity index (χ1) is 15.7. The molecule has 0 fully saturated rings. The SMILES string of the molecule is NC(=O)c1cccc(-c2cnn3c(-c4cccc(NC(=O)NCC(F)(F)F)c4)cnc3c2)c1. The zero-order valence-electron chi connectivity index (χ0n) is 16.9. The molecule has 0 unspecified atom stereocenters. The van der Waals surface area contributed by atoms with E-state index in [1.807, 2.05) is 6.07 Å². The molecule has 0 spiro atoms. The van der Waals surface area contributed by atoms with Crippen LogP contribution < -0.4 is 16.4 Å². The molecule has 11 heteroatoms. The molecule has 0 saturated carbocycles. The van der Waals surface area contributed by atoms with Crippen LogP contribution in [0.25, 0.3) is 28.0 Å². The number of urea groups is 1. The number of aromatic nitrogens is 3. The highest BCUT2D eigenvalue weighted by Crippen LogP contribution is 2.26. The molecule has 2 aromatic carbocycles. The van der Waals surface area contributed by atoms with Crippen molar-refractivity contribution in [2.75, 3.05) is 11.9 Å². The number of amides is 3. The minimum atomic E-state index is -4.50. The number of imidazole rings is 1. The quantitative estimate of drug-likeness (QED) is 0.425. The molecule has 4 aromatic rings. The number of carbonyl (C=O) groups excluding carboxylic acids is 2. The molecule has 0 atom stereocenters. The van der Waals surface area contributed by atoms with Gasteiger partial charge in [-0.2, -0.15) is 18.3 Å². The van der Waals surface area contributed by atoms with E-state index in [9.17, 15) is 22.8 Å². The van der Waals surface area contributed by atoms with Crippen LogP contribution in [-0.2, 0) is 0 Å². The third-order valence-electron chi connectivity index (χ3n) is 4.71. The molecule has 0 aliphatic carbocycles. The second-order valence-corrected chi connectivity index (χ2v) is 7.11. The fraction of sp³-hybridized carbons (Fsp3) is 0.0909. The lowest BCUT2D eigenvalue weighted by Crippen LogP contribution is -2.36. The standard InChI is InChI=1S/C22H17F3N6O2/c23-22(24,25)12-28-21(33)30-17-6-2-4-14(8-17)18-11-27-19-9-16(10-29-31(18)19)13-3-1-5-15(7-13)20(26)32/h1-11H,12H2,(H2,26,32)(H2,28,30,33). The summed E-state index contributed by atoms with van der Waals surface area (Å²) in [6.07, 6.45) is -1.29. The maximum Gasteiger partial charge on any atom is 0.405 e. The van der Waals surface area contributed by atoms with E-state index in [-0.39, 0.29) is 0 Å². The van der Waals surface area contributed by atoms with Crippen molar-refractivity contribution < 1.29 is 22.8 Å². The number of rotatable bonds is 5. The summed E-state index contributed by atoms with van der Waals surface area (Å²) in [5.74, 6) is -0.533. The summed E-state index contributed by atoms with van der Waals surface area (Å²) in [6, 6.07) is 14.2.